The van der Waals surface area contributed by atoms with E-state index >= 15 is 0 Å². The van der Waals surface area contributed by atoms with E-state index in [0.29, 0.717) is 5.76 Å². The van der Waals surface area contributed by atoms with E-state index < -0.39 is 0 Å². The molecular weight excluding hydrogens is 258 g/mol. The number of esters is 1. The van der Waals surface area contributed by atoms with Crippen LogP contribution in [0.15, 0.2) is 28.8 Å². The number of hydrogen-bond donors (Lipinski definition) is 1. The molecule has 5 nitrogen and oxygen atoms in total. The van der Waals surface area contributed by atoms with Crippen molar-refractivity contribution in [2.75, 3.05) is 7.11 Å². The maximum Gasteiger partial charge on any atom is 0.306 e. The van der Waals surface area contributed by atoms with Gasteiger partial charge >= 0.3 is 5.97 Å². The number of aromatic nitrogens is 1. The Hall–Kier alpha value is -2.30. The minimum absolute atomic E-state index is 0.185. The molecule has 2 rings (SSSR count). The zero-order chi connectivity index (χ0) is 14.7. The third kappa shape index (κ3) is 2.82. The first-order valence-electron chi connectivity index (χ1n) is 6.31. The number of aryl methyl sites for hydroxylation is 2. The topological polar surface area (TPSA) is 72.6 Å². The van der Waals surface area contributed by atoms with Crippen LogP contribution in [0.25, 0.3) is 0 Å². The molecule has 0 bridgehead atoms. The standard InChI is InChI=1S/C15H17NO4/c1-9-15(10(2)20-16-9)13(8-14(18)19-3)11-4-6-12(17)7-5-11/h4-7,13,17H,8H2,1-3H3. The molecule has 5 heteroatoms. The van der Waals surface area contributed by atoms with E-state index in [4.69, 9.17) is 9.26 Å². The van der Waals surface area contributed by atoms with Crippen molar-refractivity contribution in [3.05, 3.63) is 46.8 Å². The van der Waals surface area contributed by atoms with Crippen molar-refractivity contribution in [2.24, 2.45) is 0 Å². The van der Waals surface area contributed by atoms with Crippen molar-refractivity contribution in [1.82, 2.24) is 5.16 Å². The second kappa shape index (κ2) is 5.77. The van der Waals surface area contributed by atoms with Crippen LogP contribution in [0, 0.1) is 13.8 Å². The van der Waals surface area contributed by atoms with Crippen LogP contribution in [0.2, 0.25) is 0 Å². The van der Waals surface area contributed by atoms with Crippen LogP contribution in [0.1, 0.15) is 34.9 Å². The molecule has 2 aromatic rings. The summed E-state index contributed by atoms with van der Waals surface area (Å²) in [6, 6.07) is 6.76. The SMILES string of the molecule is COC(=O)CC(c1ccc(O)cc1)c1c(C)noc1C. The quantitative estimate of drug-likeness (QED) is 0.868. The molecule has 0 radical (unpaired) electrons. The number of rotatable bonds is 4. The average molecular weight is 275 g/mol. The molecule has 0 amide bonds. The molecule has 1 unspecified atom stereocenters. The van der Waals surface area contributed by atoms with Crippen LogP contribution in [-0.4, -0.2) is 23.3 Å². The summed E-state index contributed by atoms with van der Waals surface area (Å²) in [6.07, 6.45) is 0.199. The van der Waals surface area contributed by atoms with Crippen molar-refractivity contribution >= 4 is 5.97 Å². The zero-order valence-electron chi connectivity index (χ0n) is 11.7. The van der Waals surface area contributed by atoms with Gasteiger partial charge in [0.05, 0.1) is 19.2 Å². The number of aromatic hydroxyl groups is 1. The van der Waals surface area contributed by atoms with Gasteiger partial charge in [-0.15, -0.1) is 0 Å². The minimum atomic E-state index is -0.303. The van der Waals surface area contributed by atoms with Crippen molar-refractivity contribution < 1.29 is 19.2 Å². The van der Waals surface area contributed by atoms with E-state index in [1.54, 1.807) is 24.3 Å². The van der Waals surface area contributed by atoms with E-state index in [9.17, 15) is 9.90 Å². The molecule has 1 heterocycles. The third-order valence-electron chi connectivity index (χ3n) is 3.33. The van der Waals surface area contributed by atoms with Crippen molar-refractivity contribution in [3.8, 4) is 5.75 Å². The fourth-order valence-electron chi connectivity index (χ4n) is 2.33. The normalized spacial score (nSPS) is 12.2. The van der Waals surface area contributed by atoms with Gasteiger partial charge in [-0.3, -0.25) is 4.79 Å². The molecule has 0 fully saturated rings. The highest BCUT2D eigenvalue weighted by Gasteiger charge is 2.25. The van der Waals surface area contributed by atoms with Gasteiger partial charge in [0.2, 0.25) is 0 Å². The Balaban J connectivity index is 2.44. The van der Waals surface area contributed by atoms with E-state index in [-0.39, 0.29) is 24.1 Å². The summed E-state index contributed by atoms with van der Waals surface area (Å²) in [5.41, 5.74) is 2.55. The molecular formula is C15H17NO4. The number of ether oxygens (including phenoxy) is 1. The number of hydrogen-bond acceptors (Lipinski definition) is 5. The van der Waals surface area contributed by atoms with Crippen LogP contribution in [0.3, 0.4) is 0 Å². The molecule has 0 aliphatic heterocycles. The Labute approximate surface area is 117 Å². The van der Waals surface area contributed by atoms with Crippen LogP contribution in [-0.2, 0) is 9.53 Å². The van der Waals surface area contributed by atoms with Gasteiger partial charge in [0.1, 0.15) is 11.5 Å². The Morgan fingerprint density at radius 1 is 1.35 bits per heavy atom. The Morgan fingerprint density at radius 3 is 2.50 bits per heavy atom. The highest BCUT2D eigenvalue weighted by atomic mass is 16.5. The Morgan fingerprint density at radius 2 is 2.00 bits per heavy atom. The number of carbonyl (C=O) groups excluding carboxylic acids is 1. The summed E-state index contributed by atoms with van der Waals surface area (Å²) >= 11 is 0. The number of phenols is 1. The fraction of sp³-hybridized carbons (Fsp3) is 0.333. The molecule has 20 heavy (non-hydrogen) atoms. The largest absolute Gasteiger partial charge is 0.508 e. The predicted octanol–water partition coefficient (Wildman–Crippen LogP) is 2.69. The lowest BCUT2D eigenvalue weighted by Gasteiger charge is -2.16. The fourth-order valence-corrected chi connectivity index (χ4v) is 2.33. The van der Waals surface area contributed by atoms with Gasteiger partial charge in [-0.1, -0.05) is 17.3 Å². The lowest BCUT2D eigenvalue weighted by molar-refractivity contribution is -0.140. The second-order valence-corrected chi connectivity index (χ2v) is 4.66. The second-order valence-electron chi connectivity index (χ2n) is 4.66. The summed E-state index contributed by atoms with van der Waals surface area (Å²) < 4.78 is 9.95. The summed E-state index contributed by atoms with van der Waals surface area (Å²) in [7, 11) is 1.36. The Kier molecular flexibility index (Phi) is 4.08. The predicted molar refractivity (Wildman–Crippen MR) is 72.6 cm³/mol. The van der Waals surface area contributed by atoms with Crippen molar-refractivity contribution in [2.45, 2.75) is 26.2 Å². The molecule has 1 N–H and O–H groups in total. The van der Waals surface area contributed by atoms with Gasteiger partial charge in [0.25, 0.3) is 0 Å². The smallest absolute Gasteiger partial charge is 0.306 e. The summed E-state index contributed by atoms with van der Waals surface area (Å²) in [5.74, 6) is 0.367. The van der Waals surface area contributed by atoms with Crippen LogP contribution in [0.4, 0.5) is 0 Å². The lowest BCUT2D eigenvalue weighted by atomic mass is 9.87. The summed E-state index contributed by atoms with van der Waals surface area (Å²) in [4.78, 5) is 11.7. The van der Waals surface area contributed by atoms with Crippen molar-refractivity contribution in [1.29, 1.82) is 0 Å². The highest BCUT2D eigenvalue weighted by molar-refractivity contribution is 5.71. The van der Waals surface area contributed by atoms with E-state index in [1.807, 2.05) is 13.8 Å². The summed E-state index contributed by atoms with van der Waals surface area (Å²) in [5, 5.41) is 13.3. The van der Waals surface area contributed by atoms with E-state index in [1.165, 1.54) is 7.11 Å². The number of benzene rings is 1. The minimum Gasteiger partial charge on any atom is -0.508 e. The van der Waals surface area contributed by atoms with Gasteiger partial charge in [0, 0.05) is 11.5 Å². The maximum atomic E-state index is 11.7. The van der Waals surface area contributed by atoms with Crippen LogP contribution < -0.4 is 0 Å². The molecule has 1 atom stereocenters. The first kappa shape index (κ1) is 14.1. The number of nitrogens with zero attached hydrogens (tertiary/aromatic N) is 1. The highest BCUT2D eigenvalue weighted by Crippen LogP contribution is 2.33. The monoisotopic (exact) mass is 275 g/mol. The maximum absolute atomic E-state index is 11.7. The first-order chi connectivity index (χ1) is 9.52. The molecule has 0 spiro atoms. The number of phenolic OH excluding ortho intramolecular Hbond substituents is 1. The average Bonchev–Trinajstić information content (AvgIpc) is 2.76. The molecule has 0 aliphatic carbocycles. The molecule has 106 valence electrons. The zero-order valence-corrected chi connectivity index (χ0v) is 11.7. The molecule has 0 saturated carbocycles. The van der Waals surface area contributed by atoms with Gasteiger partial charge in [0.15, 0.2) is 0 Å². The lowest BCUT2D eigenvalue weighted by Crippen LogP contribution is -2.11. The Bertz CT molecular complexity index is 581. The van der Waals surface area contributed by atoms with Gasteiger partial charge < -0.3 is 14.4 Å². The van der Waals surface area contributed by atoms with Gasteiger partial charge in [-0.25, -0.2) is 0 Å². The van der Waals surface area contributed by atoms with Crippen molar-refractivity contribution in [3.63, 3.8) is 0 Å². The molecule has 0 aliphatic rings. The number of methoxy groups -OCH3 is 1. The third-order valence-corrected chi connectivity index (χ3v) is 3.33. The first-order valence-corrected chi connectivity index (χ1v) is 6.31. The molecule has 1 aromatic carbocycles. The molecule has 1 aromatic heterocycles. The van der Waals surface area contributed by atoms with Gasteiger partial charge in [-0.2, -0.15) is 0 Å². The van der Waals surface area contributed by atoms with Crippen LogP contribution >= 0.6 is 0 Å². The van der Waals surface area contributed by atoms with Gasteiger partial charge in [-0.05, 0) is 31.5 Å². The van der Waals surface area contributed by atoms with Crippen LogP contribution in [0.5, 0.6) is 5.75 Å². The van der Waals surface area contributed by atoms with E-state index in [2.05, 4.69) is 5.16 Å². The summed E-state index contributed by atoms with van der Waals surface area (Å²) in [6.45, 7) is 3.66. The number of carbonyl (C=O) groups is 1. The molecule has 0 saturated heterocycles. The van der Waals surface area contributed by atoms with E-state index in [0.717, 1.165) is 16.8 Å².